The second-order valence-electron chi connectivity index (χ2n) is 7.39. The van der Waals surface area contributed by atoms with Gasteiger partial charge >= 0.3 is 6.36 Å². The topological polar surface area (TPSA) is 9.23 Å². The number of rotatable bonds is 5. The first-order valence-corrected chi connectivity index (χ1v) is 10.0. The van der Waals surface area contributed by atoms with Crippen molar-refractivity contribution in [1.82, 2.24) is 0 Å². The molecule has 0 N–H and O–H groups in total. The summed E-state index contributed by atoms with van der Waals surface area (Å²) in [6, 6.07) is 23.9. The quantitative estimate of drug-likeness (QED) is 0.294. The molecule has 0 aliphatic carbocycles. The third kappa shape index (κ3) is 4.71. The molecule has 158 valence electrons. The van der Waals surface area contributed by atoms with Crippen molar-refractivity contribution in [3.63, 3.8) is 0 Å². The highest BCUT2D eigenvalue weighted by Gasteiger charge is 2.32. The smallest absolute Gasteiger partial charge is 0.403 e. The molecule has 4 aromatic rings. The Kier molecular flexibility index (Phi) is 5.68. The van der Waals surface area contributed by atoms with Gasteiger partial charge in [-0.2, -0.15) is 0 Å². The molecule has 0 bridgehead atoms. The Hall–Kier alpha value is -3.34. The molecular weight excluding hydrogens is 404 g/mol. The minimum atomic E-state index is -4.94. The summed E-state index contributed by atoms with van der Waals surface area (Å²) in [6.07, 6.45) is -2.77. The van der Waals surface area contributed by atoms with Gasteiger partial charge in [0, 0.05) is 5.39 Å². The van der Waals surface area contributed by atoms with Gasteiger partial charge in [0.25, 0.3) is 0 Å². The van der Waals surface area contributed by atoms with Crippen LogP contribution in [0.2, 0.25) is 0 Å². The average molecular weight is 424 g/mol. The Morgan fingerprint density at radius 3 is 1.84 bits per heavy atom. The highest BCUT2D eigenvalue weighted by Crippen LogP contribution is 2.33. The molecule has 4 aromatic carbocycles. The maximum Gasteiger partial charge on any atom is 0.573 e. The van der Waals surface area contributed by atoms with Crippen LogP contribution in [0, 0.1) is 5.82 Å². The van der Waals surface area contributed by atoms with Gasteiger partial charge in [0.15, 0.2) is 11.6 Å². The van der Waals surface area contributed by atoms with Crippen LogP contribution in [-0.4, -0.2) is 6.36 Å². The van der Waals surface area contributed by atoms with Crippen molar-refractivity contribution in [1.29, 1.82) is 0 Å². The summed E-state index contributed by atoms with van der Waals surface area (Å²) in [5, 5.41) is 0.578. The summed E-state index contributed by atoms with van der Waals surface area (Å²) < 4.78 is 55.5. The molecule has 0 atom stereocenters. The van der Waals surface area contributed by atoms with Crippen molar-refractivity contribution in [2.45, 2.75) is 26.1 Å². The minimum absolute atomic E-state index is 0.0780. The van der Waals surface area contributed by atoms with Gasteiger partial charge in [0.1, 0.15) is 0 Å². The highest BCUT2D eigenvalue weighted by molar-refractivity contribution is 5.89. The van der Waals surface area contributed by atoms with Gasteiger partial charge in [-0.15, -0.1) is 13.2 Å². The van der Waals surface area contributed by atoms with Crippen molar-refractivity contribution in [3.05, 3.63) is 90.2 Å². The van der Waals surface area contributed by atoms with Crippen molar-refractivity contribution in [3.8, 4) is 28.0 Å². The summed E-state index contributed by atoms with van der Waals surface area (Å²) in [5.41, 5.74) is 5.32. The van der Waals surface area contributed by atoms with Crippen LogP contribution in [0.5, 0.6) is 5.75 Å². The zero-order valence-electron chi connectivity index (χ0n) is 16.8. The SMILES string of the molecule is CCCc1ccc(-c2ccc(-c3ccc4c(F)c(OC(F)(F)F)ccc4c3)cc2)cc1. The van der Waals surface area contributed by atoms with Gasteiger partial charge < -0.3 is 4.74 Å². The average Bonchev–Trinajstić information content (AvgIpc) is 2.76. The summed E-state index contributed by atoms with van der Waals surface area (Å²) in [4.78, 5) is 0. The van der Waals surface area contributed by atoms with Crippen molar-refractivity contribution in [2.75, 3.05) is 0 Å². The lowest BCUT2D eigenvalue weighted by atomic mass is 9.97. The molecule has 0 saturated heterocycles. The molecular formula is C26H20F4O. The van der Waals surface area contributed by atoms with E-state index in [0.717, 1.165) is 41.2 Å². The van der Waals surface area contributed by atoms with Gasteiger partial charge in [0.2, 0.25) is 0 Å². The standard InChI is InChI=1S/C26H20F4O/c1-2-3-17-4-6-18(7-5-17)19-8-10-20(11-9-19)21-12-14-23-22(16-21)13-15-24(25(23)27)31-26(28,29)30/h4-16H,2-3H2,1H3. The van der Waals surface area contributed by atoms with E-state index in [9.17, 15) is 17.6 Å². The van der Waals surface area contributed by atoms with Crippen molar-refractivity contribution < 1.29 is 22.3 Å². The number of hydrogen-bond acceptors (Lipinski definition) is 1. The molecule has 0 aliphatic rings. The van der Waals surface area contributed by atoms with E-state index in [1.807, 2.05) is 24.3 Å². The second-order valence-corrected chi connectivity index (χ2v) is 7.39. The number of hydrogen-bond donors (Lipinski definition) is 0. The summed E-state index contributed by atoms with van der Waals surface area (Å²) >= 11 is 0. The maximum absolute atomic E-state index is 14.4. The van der Waals surface area contributed by atoms with E-state index in [1.54, 1.807) is 12.1 Å². The Balaban J connectivity index is 1.60. The van der Waals surface area contributed by atoms with Crippen LogP contribution in [0.25, 0.3) is 33.0 Å². The zero-order chi connectivity index (χ0) is 22.0. The Morgan fingerprint density at radius 2 is 1.26 bits per heavy atom. The van der Waals surface area contributed by atoms with Crippen LogP contribution in [0.4, 0.5) is 17.6 Å². The molecule has 0 aromatic heterocycles. The summed E-state index contributed by atoms with van der Waals surface area (Å²) in [5.74, 6) is -1.86. The van der Waals surface area contributed by atoms with Crippen LogP contribution in [0.1, 0.15) is 18.9 Å². The first kappa shape index (κ1) is 20.9. The number of fused-ring (bicyclic) bond motifs is 1. The number of halogens is 4. The second kappa shape index (κ2) is 8.42. The van der Waals surface area contributed by atoms with Crippen LogP contribution in [-0.2, 0) is 6.42 Å². The molecule has 0 amide bonds. The van der Waals surface area contributed by atoms with E-state index >= 15 is 0 Å². The minimum Gasteiger partial charge on any atom is -0.403 e. The largest absolute Gasteiger partial charge is 0.573 e. The number of ether oxygens (including phenoxy) is 1. The summed E-state index contributed by atoms with van der Waals surface area (Å²) in [6.45, 7) is 2.16. The van der Waals surface area contributed by atoms with Gasteiger partial charge in [0.05, 0.1) is 0 Å². The lowest BCUT2D eigenvalue weighted by molar-refractivity contribution is -0.275. The fourth-order valence-electron chi connectivity index (χ4n) is 3.66. The summed E-state index contributed by atoms with van der Waals surface area (Å²) in [7, 11) is 0. The molecule has 0 unspecified atom stereocenters. The maximum atomic E-state index is 14.4. The van der Waals surface area contributed by atoms with Crippen LogP contribution >= 0.6 is 0 Å². The number of alkyl halides is 3. The lowest BCUT2D eigenvalue weighted by Crippen LogP contribution is -2.17. The normalized spacial score (nSPS) is 11.6. The van der Waals surface area contributed by atoms with E-state index in [1.165, 1.54) is 17.7 Å². The predicted octanol–water partition coefficient (Wildman–Crippen LogP) is 8.16. The lowest BCUT2D eigenvalue weighted by Gasteiger charge is -2.12. The van der Waals surface area contributed by atoms with Crippen LogP contribution < -0.4 is 4.74 Å². The first-order chi connectivity index (χ1) is 14.8. The fourth-order valence-corrected chi connectivity index (χ4v) is 3.66. The fraction of sp³-hybridized carbons (Fsp3) is 0.154. The molecule has 0 fully saturated rings. The van der Waals surface area contributed by atoms with Gasteiger partial charge in [-0.05, 0) is 51.8 Å². The Morgan fingerprint density at radius 1 is 0.710 bits per heavy atom. The van der Waals surface area contributed by atoms with E-state index in [4.69, 9.17) is 0 Å². The number of aryl methyl sites for hydroxylation is 1. The third-order valence-electron chi connectivity index (χ3n) is 5.19. The highest BCUT2D eigenvalue weighted by atomic mass is 19.4. The molecule has 0 radical (unpaired) electrons. The first-order valence-electron chi connectivity index (χ1n) is 10.0. The molecule has 5 heteroatoms. The molecule has 1 nitrogen and oxygen atoms in total. The Bertz CT molecular complexity index is 1190. The zero-order valence-corrected chi connectivity index (χ0v) is 16.8. The van der Waals surface area contributed by atoms with Gasteiger partial charge in [-0.25, -0.2) is 4.39 Å². The molecule has 0 spiro atoms. The third-order valence-corrected chi connectivity index (χ3v) is 5.19. The van der Waals surface area contributed by atoms with E-state index in [0.29, 0.717) is 5.39 Å². The van der Waals surface area contributed by atoms with Gasteiger partial charge in [-0.3, -0.25) is 0 Å². The van der Waals surface area contributed by atoms with Crippen molar-refractivity contribution in [2.24, 2.45) is 0 Å². The van der Waals surface area contributed by atoms with E-state index < -0.39 is 17.9 Å². The molecule has 0 heterocycles. The molecule has 0 saturated carbocycles. The van der Waals surface area contributed by atoms with Gasteiger partial charge in [-0.1, -0.05) is 80.1 Å². The monoisotopic (exact) mass is 424 g/mol. The molecule has 4 rings (SSSR count). The van der Waals surface area contributed by atoms with Crippen LogP contribution in [0.15, 0.2) is 78.9 Å². The van der Waals surface area contributed by atoms with E-state index in [2.05, 4.69) is 35.9 Å². The molecule has 0 aliphatic heterocycles. The Labute approximate surface area is 177 Å². The van der Waals surface area contributed by atoms with Crippen LogP contribution in [0.3, 0.4) is 0 Å². The number of benzene rings is 4. The predicted molar refractivity (Wildman–Crippen MR) is 115 cm³/mol. The molecule has 31 heavy (non-hydrogen) atoms. The van der Waals surface area contributed by atoms with Crippen molar-refractivity contribution >= 4 is 10.8 Å². The van der Waals surface area contributed by atoms with E-state index in [-0.39, 0.29) is 5.39 Å².